The van der Waals surface area contributed by atoms with Crippen molar-refractivity contribution in [3.63, 3.8) is 0 Å². The maximum absolute atomic E-state index is 13.9. The molecule has 2 unspecified atom stereocenters. The van der Waals surface area contributed by atoms with Gasteiger partial charge >= 0.3 is 0 Å². The number of rotatable bonds is 1. The summed E-state index contributed by atoms with van der Waals surface area (Å²) in [6.07, 6.45) is 2.83. The van der Waals surface area contributed by atoms with E-state index in [0.29, 0.717) is 13.0 Å². The summed E-state index contributed by atoms with van der Waals surface area (Å²) in [5.74, 6) is 0. The molecule has 0 aromatic carbocycles. The van der Waals surface area contributed by atoms with Crippen LogP contribution in [0, 0.1) is 0 Å². The fraction of sp³-hybridized carbons (Fsp3) is 1.00. The van der Waals surface area contributed by atoms with E-state index in [-0.39, 0.29) is 6.04 Å². The summed E-state index contributed by atoms with van der Waals surface area (Å²) in [5.41, 5.74) is -0.948. The van der Waals surface area contributed by atoms with Crippen LogP contribution in [0.2, 0.25) is 0 Å². The molecule has 0 bridgehead atoms. The number of hydrogen-bond donors (Lipinski definition) is 2. The van der Waals surface area contributed by atoms with E-state index in [4.69, 9.17) is 0 Å². The van der Waals surface area contributed by atoms with Crippen LogP contribution < -0.4 is 10.6 Å². The Balaban J connectivity index is 2.00. The molecule has 2 rings (SSSR count). The molecule has 0 amide bonds. The van der Waals surface area contributed by atoms with Gasteiger partial charge in [-0.1, -0.05) is 0 Å². The van der Waals surface area contributed by atoms with Gasteiger partial charge in [0.2, 0.25) is 0 Å². The molecule has 0 spiro atoms. The van der Waals surface area contributed by atoms with E-state index in [1.165, 1.54) is 0 Å². The van der Waals surface area contributed by atoms with Gasteiger partial charge in [0.1, 0.15) is 5.67 Å². The molecule has 2 aliphatic rings. The largest absolute Gasteiger partial charge is 0.313 e. The van der Waals surface area contributed by atoms with Crippen LogP contribution in [-0.4, -0.2) is 31.3 Å². The van der Waals surface area contributed by atoms with Crippen molar-refractivity contribution in [1.82, 2.24) is 10.6 Å². The zero-order valence-electron chi connectivity index (χ0n) is 6.70. The van der Waals surface area contributed by atoms with E-state index in [9.17, 15) is 4.39 Å². The molecule has 2 fully saturated rings. The van der Waals surface area contributed by atoms with Crippen molar-refractivity contribution in [2.24, 2.45) is 0 Å². The van der Waals surface area contributed by atoms with Crippen LogP contribution in [0.1, 0.15) is 19.3 Å². The van der Waals surface area contributed by atoms with Crippen LogP contribution in [0.15, 0.2) is 0 Å². The quantitative estimate of drug-likeness (QED) is 0.578. The number of halogens is 1. The van der Waals surface area contributed by atoms with Crippen LogP contribution in [0.3, 0.4) is 0 Å². The minimum atomic E-state index is -0.948. The maximum Gasteiger partial charge on any atom is 0.139 e. The molecule has 0 radical (unpaired) electrons. The summed E-state index contributed by atoms with van der Waals surface area (Å²) in [4.78, 5) is 0. The molecule has 0 aromatic rings. The molecule has 2 aliphatic heterocycles. The molecule has 2 atom stereocenters. The van der Waals surface area contributed by atoms with Gasteiger partial charge in [-0.25, -0.2) is 4.39 Å². The van der Waals surface area contributed by atoms with Crippen molar-refractivity contribution < 1.29 is 4.39 Å². The van der Waals surface area contributed by atoms with Crippen molar-refractivity contribution in [3.8, 4) is 0 Å². The van der Waals surface area contributed by atoms with Crippen molar-refractivity contribution in [3.05, 3.63) is 0 Å². The monoisotopic (exact) mass is 158 g/mol. The third-order valence-corrected chi connectivity index (χ3v) is 2.82. The first kappa shape index (κ1) is 7.50. The molecule has 3 heteroatoms. The normalized spacial score (nSPS) is 45.0. The molecule has 0 aromatic heterocycles. The highest BCUT2D eigenvalue weighted by Crippen LogP contribution is 2.28. The Morgan fingerprint density at radius 2 is 2.27 bits per heavy atom. The van der Waals surface area contributed by atoms with Crippen LogP contribution in [0.25, 0.3) is 0 Å². The van der Waals surface area contributed by atoms with Gasteiger partial charge in [0, 0.05) is 12.6 Å². The molecule has 0 saturated carbocycles. The van der Waals surface area contributed by atoms with Crippen molar-refractivity contribution >= 4 is 0 Å². The fourth-order valence-electron chi connectivity index (χ4n) is 2.10. The second kappa shape index (κ2) is 2.72. The standard InChI is InChI=1S/C8H15FN2/c9-8(3-5-10-6-8)7-2-1-4-11-7/h7,10-11H,1-6H2. The number of alkyl halides is 1. The molecule has 2 heterocycles. The van der Waals surface area contributed by atoms with Crippen LogP contribution in [-0.2, 0) is 0 Å². The van der Waals surface area contributed by atoms with E-state index >= 15 is 0 Å². The first-order valence-corrected chi connectivity index (χ1v) is 4.44. The highest BCUT2D eigenvalue weighted by Gasteiger charge is 2.42. The fourth-order valence-corrected chi connectivity index (χ4v) is 2.10. The van der Waals surface area contributed by atoms with E-state index in [2.05, 4.69) is 10.6 Å². The Morgan fingerprint density at radius 1 is 1.36 bits per heavy atom. The van der Waals surface area contributed by atoms with Gasteiger partial charge in [-0.05, 0) is 32.4 Å². The molecule has 2 N–H and O–H groups in total. The lowest BCUT2D eigenvalue weighted by atomic mass is 9.94. The zero-order chi connectivity index (χ0) is 7.73. The number of hydrogen-bond acceptors (Lipinski definition) is 2. The van der Waals surface area contributed by atoms with Crippen LogP contribution in [0.5, 0.6) is 0 Å². The average molecular weight is 158 g/mol. The lowest BCUT2D eigenvalue weighted by Gasteiger charge is -2.25. The molecular formula is C8H15FN2. The van der Waals surface area contributed by atoms with Crippen molar-refractivity contribution in [2.75, 3.05) is 19.6 Å². The van der Waals surface area contributed by atoms with Gasteiger partial charge in [-0.15, -0.1) is 0 Å². The average Bonchev–Trinajstić information content (AvgIpc) is 2.55. The van der Waals surface area contributed by atoms with E-state index in [0.717, 1.165) is 25.9 Å². The number of nitrogens with one attached hydrogen (secondary N) is 2. The van der Waals surface area contributed by atoms with E-state index < -0.39 is 5.67 Å². The van der Waals surface area contributed by atoms with Crippen LogP contribution >= 0.6 is 0 Å². The smallest absolute Gasteiger partial charge is 0.139 e. The predicted molar refractivity (Wildman–Crippen MR) is 42.4 cm³/mol. The SMILES string of the molecule is FC1(C2CCCN2)CCNC1. The van der Waals surface area contributed by atoms with Gasteiger partial charge in [-0.2, -0.15) is 0 Å². The zero-order valence-corrected chi connectivity index (χ0v) is 6.70. The minimum Gasteiger partial charge on any atom is -0.313 e. The summed E-state index contributed by atoms with van der Waals surface area (Å²) >= 11 is 0. The topological polar surface area (TPSA) is 24.1 Å². The van der Waals surface area contributed by atoms with Crippen LogP contribution in [0.4, 0.5) is 4.39 Å². The molecule has 64 valence electrons. The Labute approximate surface area is 66.5 Å². The first-order chi connectivity index (χ1) is 5.31. The third kappa shape index (κ3) is 1.27. The summed E-state index contributed by atoms with van der Waals surface area (Å²) in [7, 11) is 0. The summed E-state index contributed by atoms with van der Waals surface area (Å²) in [6, 6.07) is 0.123. The molecule has 0 aliphatic carbocycles. The highest BCUT2D eigenvalue weighted by atomic mass is 19.1. The van der Waals surface area contributed by atoms with E-state index in [1.807, 2.05) is 0 Å². The summed E-state index contributed by atoms with van der Waals surface area (Å²) < 4.78 is 13.9. The highest BCUT2D eigenvalue weighted by molar-refractivity contribution is 5.00. The molecule has 2 saturated heterocycles. The maximum atomic E-state index is 13.9. The van der Waals surface area contributed by atoms with Gasteiger partial charge in [0.25, 0.3) is 0 Å². The van der Waals surface area contributed by atoms with Crippen molar-refractivity contribution in [1.29, 1.82) is 0 Å². The van der Waals surface area contributed by atoms with Gasteiger partial charge in [0.05, 0.1) is 0 Å². The molecular weight excluding hydrogens is 143 g/mol. The Morgan fingerprint density at radius 3 is 2.82 bits per heavy atom. The van der Waals surface area contributed by atoms with Gasteiger partial charge < -0.3 is 10.6 Å². The molecule has 2 nitrogen and oxygen atoms in total. The molecule has 11 heavy (non-hydrogen) atoms. The van der Waals surface area contributed by atoms with Gasteiger partial charge in [-0.3, -0.25) is 0 Å². The lowest BCUT2D eigenvalue weighted by Crippen LogP contribution is -2.45. The predicted octanol–water partition coefficient (Wildman–Crippen LogP) is 0.440. The lowest BCUT2D eigenvalue weighted by molar-refractivity contribution is 0.138. The summed E-state index contributed by atoms with van der Waals surface area (Å²) in [5, 5.41) is 6.30. The Bertz CT molecular complexity index is 137. The summed E-state index contributed by atoms with van der Waals surface area (Å²) in [6.45, 7) is 2.38. The van der Waals surface area contributed by atoms with E-state index in [1.54, 1.807) is 0 Å². The Hall–Kier alpha value is -0.150. The third-order valence-electron chi connectivity index (χ3n) is 2.82. The second-order valence-electron chi connectivity index (χ2n) is 3.61. The first-order valence-electron chi connectivity index (χ1n) is 4.44. The second-order valence-corrected chi connectivity index (χ2v) is 3.61. The van der Waals surface area contributed by atoms with Crippen molar-refractivity contribution in [2.45, 2.75) is 31.0 Å². The Kier molecular flexibility index (Phi) is 1.85. The minimum absolute atomic E-state index is 0.123. The van der Waals surface area contributed by atoms with Gasteiger partial charge in [0.15, 0.2) is 0 Å².